The first-order chi connectivity index (χ1) is 11.7. The number of amides is 2. The van der Waals surface area contributed by atoms with Crippen molar-refractivity contribution >= 4 is 35.5 Å². The molecule has 2 fully saturated rings. The van der Waals surface area contributed by atoms with Gasteiger partial charge in [-0.2, -0.15) is 0 Å². The van der Waals surface area contributed by atoms with Gasteiger partial charge in [-0.15, -0.1) is 23.5 Å². The highest BCUT2D eigenvalue weighted by Gasteiger charge is 2.41. The number of carbonyl (C=O) groups excluding carboxylic acids is 2. The van der Waals surface area contributed by atoms with Crippen molar-refractivity contribution < 1.29 is 19.4 Å². The van der Waals surface area contributed by atoms with E-state index in [2.05, 4.69) is 0 Å². The highest BCUT2D eigenvalue weighted by molar-refractivity contribution is 7.99. The number of thioether (sulfide) groups is 2. The maximum Gasteiger partial charge on any atom is 0.411 e. The number of aliphatic hydroxyl groups is 1. The Kier molecular flexibility index (Phi) is 5.91. The van der Waals surface area contributed by atoms with Crippen LogP contribution in [0.1, 0.15) is 5.56 Å². The number of aliphatic hydroxyl groups excluding tert-OH is 1. The van der Waals surface area contributed by atoms with Gasteiger partial charge in [0.05, 0.1) is 24.4 Å². The van der Waals surface area contributed by atoms with Crippen molar-refractivity contribution in [2.24, 2.45) is 0 Å². The molecule has 2 amide bonds. The van der Waals surface area contributed by atoms with Crippen LogP contribution in [0.5, 0.6) is 0 Å². The molecule has 0 bridgehead atoms. The first-order valence-corrected chi connectivity index (χ1v) is 10.1. The fourth-order valence-electron chi connectivity index (χ4n) is 2.70. The zero-order valence-electron chi connectivity index (χ0n) is 13.2. The van der Waals surface area contributed by atoms with E-state index in [9.17, 15) is 14.7 Å². The highest BCUT2D eigenvalue weighted by Crippen LogP contribution is 2.28. The molecule has 2 heterocycles. The Balaban J connectivity index is 1.60. The summed E-state index contributed by atoms with van der Waals surface area (Å²) in [6.07, 6.45) is -0.463. The molecule has 1 aromatic carbocycles. The lowest BCUT2D eigenvalue weighted by atomic mass is 10.2. The van der Waals surface area contributed by atoms with E-state index in [1.807, 2.05) is 30.3 Å². The predicted molar refractivity (Wildman–Crippen MR) is 94.6 cm³/mol. The van der Waals surface area contributed by atoms with Crippen LogP contribution in [0.4, 0.5) is 4.79 Å². The molecule has 6 nitrogen and oxygen atoms in total. The number of rotatable bonds is 4. The first kappa shape index (κ1) is 17.4. The fraction of sp³-hybridized carbons (Fsp3) is 0.500. The van der Waals surface area contributed by atoms with Gasteiger partial charge < -0.3 is 14.7 Å². The minimum atomic E-state index is -0.508. The summed E-state index contributed by atoms with van der Waals surface area (Å²) in [5.74, 6) is 2.23. The van der Waals surface area contributed by atoms with Crippen LogP contribution in [0, 0.1) is 0 Å². The molecule has 2 atom stereocenters. The van der Waals surface area contributed by atoms with Crippen LogP contribution in [0.3, 0.4) is 0 Å². The third-order valence-corrected chi connectivity index (χ3v) is 6.18. The van der Waals surface area contributed by atoms with E-state index in [0.29, 0.717) is 17.5 Å². The van der Waals surface area contributed by atoms with Gasteiger partial charge in [-0.25, -0.2) is 4.79 Å². The lowest BCUT2D eigenvalue weighted by molar-refractivity contribution is -0.136. The van der Waals surface area contributed by atoms with E-state index < -0.39 is 12.1 Å². The maximum absolute atomic E-state index is 12.7. The quantitative estimate of drug-likeness (QED) is 0.870. The van der Waals surface area contributed by atoms with E-state index in [4.69, 9.17) is 4.74 Å². The van der Waals surface area contributed by atoms with Gasteiger partial charge in [0.1, 0.15) is 12.6 Å². The van der Waals surface area contributed by atoms with Crippen LogP contribution in [-0.4, -0.2) is 68.9 Å². The summed E-state index contributed by atoms with van der Waals surface area (Å²) in [6.45, 7) is 0.150. The van der Waals surface area contributed by atoms with E-state index >= 15 is 0 Å². The van der Waals surface area contributed by atoms with Crippen molar-refractivity contribution in [1.82, 2.24) is 9.80 Å². The van der Waals surface area contributed by atoms with Crippen molar-refractivity contribution in [1.29, 1.82) is 0 Å². The molecule has 24 heavy (non-hydrogen) atoms. The monoisotopic (exact) mass is 368 g/mol. The summed E-state index contributed by atoms with van der Waals surface area (Å²) in [6, 6.07) is 8.80. The Labute approximate surface area is 149 Å². The fourth-order valence-corrected chi connectivity index (χ4v) is 5.03. The SMILES string of the molecule is O=C([C@@H]1CSCN1C(=O)OCc1ccccc1)N1CSC[C@H]1CO. The molecule has 1 N–H and O–H groups in total. The van der Waals surface area contributed by atoms with Crippen molar-refractivity contribution in [3.8, 4) is 0 Å². The van der Waals surface area contributed by atoms with Gasteiger partial charge in [-0.1, -0.05) is 30.3 Å². The van der Waals surface area contributed by atoms with Crippen LogP contribution < -0.4 is 0 Å². The second kappa shape index (κ2) is 8.13. The molecule has 1 aromatic rings. The largest absolute Gasteiger partial charge is 0.445 e. The van der Waals surface area contributed by atoms with Gasteiger partial charge in [0, 0.05) is 11.5 Å². The molecular weight excluding hydrogens is 348 g/mol. The Morgan fingerprint density at radius 1 is 1.12 bits per heavy atom. The molecule has 0 spiro atoms. The van der Waals surface area contributed by atoms with Gasteiger partial charge in [0.2, 0.25) is 5.91 Å². The Hall–Kier alpha value is -1.38. The Morgan fingerprint density at radius 3 is 2.58 bits per heavy atom. The lowest BCUT2D eigenvalue weighted by Gasteiger charge is -2.29. The lowest BCUT2D eigenvalue weighted by Crippen LogP contribution is -2.51. The molecular formula is C16H20N2O4S2. The number of benzene rings is 1. The summed E-state index contributed by atoms with van der Waals surface area (Å²) in [5.41, 5.74) is 0.914. The van der Waals surface area contributed by atoms with E-state index in [-0.39, 0.29) is 25.2 Å². The number of ether oxygens (including phenoxy) is 1. The van der Waals surface area contributed by atoms with Gasteiger partial charge in [-0.3, -0.25) is 9.69 Å². The molecule has 0 unspecified atom stereocenters. The Morgan fingerprint density at radius 2 is 1.83 bits per heavy atom. The molecule has 8 heteroatoms. The molecule has 2 aliphatic heterocycles. The second-order valence-electron chi connectivity index (χ2n) is 5.67. The van der Waals surface area contributed by atoms with Crippen LogP contribution in [-0.2, 0) is 16.1 Å². The van der Waals surface area contributed by atoms with Crippen LogP contribution in [0.25, 0.3) is 0 Å². The third kappa shape index (κ3) is 3.81. The van der Waals surface area contributed by atoms with Crippen LogP contribution >= 0.6 is 23.5 Å². The average molecular weight is 368 g/mol. The summed E-state index contributed by atoms with van der Waals surface area (Å²) in [7, 11) is 0. The van der Waals surface area contributed by atoms with Gasteiger partial charge in [0.15, 0.2) is 0 Å². The van der Waals surface area contributed by atoms with Crippen molar-refractivity contribution in [3.05, 3.63) is 35.9 Å². The minimum Gasteiger partial charge on any atom is -0.445 e. The first-order valence-electron chi connectivity index (χ1n) is 7.75. The molecule has 2 aliphatic rings. The van der Waals surface area contributed by atoms with Crippen molar-refractivity contribution in [2.75, 3.05) is 29.9 Å². The highest BCUT2D eigenvalue weighted by atomic mass is 32.2. The minimum absolute atomic E-state index is 0.0446. The van der Waals surface area contributed by atoms with Gasteiger partial charge >= 0.3 is 6.09 Å². The molecule has 0 radical (unpaired) electrons. The van der Waals surface area contributed by atoms with Crippen LogP contribution in [0.2, 0.25) is 0 Å². The van der Waals surface area contributed by atoms with Crippen molar-refractivity contribution in [3.63, 3.8) is 0 Å². The van der Waals surface area contributed by atoms with Crippen LogP contribution in [0.15, 0.2) is 30.3 Å². The van der Waals surface area contributed by atoms with E-state index in [1.54, 1.807) is 28.4 Å². The molecule has 3 rings (SSSR count). The van der Waals surface area contributed by atoms with E-state index in [0.717, 1.165) is 11.3 Å². The third-order valence-electron chi connectivity index (χ3n) is 4.08. The molecule has 2 saturated heterocycles. The Bertz CT molecular complexity index is 587. The smallest absolute Gasteiger partial charge is 0.411 e. The normalized spacial score (nSPS) is 23.5. The van der Waals surface area contributed by atoms with Gasteiger partial charge in [-0.05, 0) is 5.56 Å². The predicted octanol–water partition coefficient (Wildman–Crippen LogP) is 1.59. The number of carbonyl (C=O) groups is 2. The molecule has 0 aliphatic carbocycles. The maximum atomic E-state index is 12.7. The summed E-state index contributed by atoms with van der Waals surface area (Å²) >= 11 is 3.17. The van der Waals surface area contributed by atoms with Gasteiger partial charge in [0.25, 0.3) is 0 Å². The average Bonchev–Trinajstić information content (AvgIpc) is 3.28. The zero-order valence-corrected chi connectivity index (χ0v) is 14.8. The molecule has 130 valence electrons. The van der Waals surface area contributed by atoms with E-state index in [1.165, 1.54) is 4.90 Å². The summed E-state index contributed by atoms with van der Waals surface area (Å²) in [4.78, 5) is 28.3. The number of hydrogen-bond donors (Lipinski definition) is 1. The molecule has 0 saturated carbocycles. The zero-order chi connectivity index (χ0) is 16.9. The standard InChI is InChI=1S/C16H20N2O4S2/c19-6-13-8-23-10-17(13)15(20)14-9-24-11-18(14)16(21)22-7-12-4-2-1-3-5-12/h1-5,13-14,19H,6-11H2/t13-,14+/m1/s1. The van der Waals surface area contributed by atoms with Crippen molar-refractivity contribution in [2.45, 2.75) is 18.7 Å². The summed E-state index contributed by atoms with van der Waals surface area (Å²) < 4.78 is 5.36. The second-order valence-corrected chi connectivity index (χ2v) is 7.67. The number of hydrogen-bond acceptors (Lipinski definition) is 6. The topological polar surface area (TPSA) is 70.1 Å². The molecule has 0 aromatic heterocycles. The number of nitrogens with zero attached hydrogens (tertiary/aromatic N) is 2. The summed E-state index contributed by atoms with van der Waals surface area (Å²) in [5, 5.41) is 9.40.